The zero-order valence-electron chi connectivity index (χ0n) is 7.43. The van der Waals surface area contributed by atoms with Gasteiger partial charge in [-0.3, -0.25) is 4.98 Å². The minimum atomic E-state index is 0.517. The quantitative estimate of drug-likeness (QED) is 0.630. The van der Waals surface area contributed by atoms with E-state index in [0.29, 0.717) is 10.7 Å². The van der Waals surface area contributed by atoms with Crippen LogP contribution in [-0.4, -0.2) is 15.1 Å². The van der Waals surface area contributed by atoms with E-state index in [-0.39, 0.29) is 0 Å². The number of rotatable bonds is 3. The number of nitrogens with one attached hydrogen (secondary N) is 1. The van der Waals surface area contributed by atoms with E-state index in [1.165, 1.54) is 11.8 Å². The lowest BCUT2D eigenvalue weighted by atomic mass is 10.4. The molecule has 0 saturated carbocycles. The molecule has 72 valence electrons. The van der Waals surface area contributed by atoms with E-state index in [1.54, 1.807) is 12.4 Å². The molecule has 1 aromatic heterocycles. The average Bonchev–Trinajstić information content (AvgIpc) is 2.20. The molecule has 0 bridgehead atoms. The van der Waals surface area contributed by atoms with Crippen molar-refractivity contribution in [3.63, 3.8) is 0 Å². The predicted octanol–water partition coefficient (Wildman–Crippen LogP) is 2.43. The van der Waals surface area contributed by atoms with Crippen LogP contribution in [0.1, 0.15) is 6.42 Å². The average molecular weight is 223 g/mol. The molecule has 1 aromatic rings. The zero-order chi connectivity index (χ0) is 10.2. The minimum absolute atomic E-state index is 0.517. The summed E-state index contributed by atoms with van der Waals surface area (Å²) in [5.41, 5.74) is 0.925. The van der Waals surface area contributed by atoms with E-state index in [9.17, 15) is 0 Å². The molecule has 0 aliphatic rings. The second-order valence-electron chi connectivity index (χ2n) is 2.40. The monoisotopic (exact) mass is 223 g/mol. The van der Waals surface area contributed by atoms with Crippen molar-refractivity contribution in [2.45, 2.75) is 6.42 Å². The Balaban J connectivity index is 2.32. The molecule has 0 spiro atoms. The van der Waals surface area contributed by atoms with Crippen LogP contribution in [0, 0.1) is 11.3 Å². The van der Waals surface area contributed by atoms with Crippen LogP contribution in [0.15, 0.2) is 24.5 Å². The summed E-state index contributed by atoms with van der Waals surface area (Å²) in [4.78, 5) is 3.89. The van der Waals surface area contributed by atoms with Crippen molar-refractivity contribution in [3.05, 3.63) is 24.5 Å². The first-order valence-electron chi connectivity index (χ1n) is 4.03. The number of hydrogen-bond acceptors (Lipinski definition) is 4. The molecule has 5 heteroatoms. The molecule has 0 fully saturated rings. The number of nitrogens with zero attached hydrogens (tertiary/aromatic N) is 2. The van der Waals surface area contributed by atoms with Crippen LogP contribution in [0.4, 0.5) is 5.69 Å². The van der Waals surface area contributed by atoms with Crippen LogP contribution in [0.3, 0.4) is 0 Å². The maximum Gasteiger partial charge on any atom is 0.138 e. The first-order chi connectivity index (χ1) is 6.83. The van der Waals surface area contributed by atoms with E-state index < -0.39 is 0 Å². The van der Waals surface area contributed by atoms with Gasteiger partial charge in [0, 0.05) is 30.3 Å². The highest BCUT2D eigenvalue weighted by atomic mass is 32.2. The van der Waals surface area contributed by atoms with Crippen molar-refractivity contribution in [1.29, 1.82) is 5.26 Å². The number of nitriles is 1. The molecule has 0 radical (unpaired) electrons. The lowest BCUT2D eigenvalue weighted by Crippen LogP contribution is -2.04. The summed E-state index contributed by atoms with van der Waals surface area (Å²) >= 11 is 6.54. The standard InChI is InChI=1S/C9H9N3S2/c10-4-1-7-14-9(13)12-8-2-5-11-6-3-8/h2-3,5-6H,1,7H2,(H,11,12,13). The van der Waals surface area contributed by atoms with E-state index in [2.05, 4.69) is 16.4 Å². The van der Waals surface area contributed by atoms with Gasteiger partial charge in [-0.25, -0.2) is 0 Å². The highest BCUT2D eigenvalue weighted by molar-refractivity contribution is 8.23. The van der Waals surface area contributed by atoms with Gasteiger partial charge in [0.05, 0.1) is 6.07 Å². The Kier molecular flexibility index (Phi) is 4.97. The lowest BCUT2D eigenvalue weighted by molar-refractivity contribution is 1.25. The molecule has 0 saturated heterocycles. The summed E-state index contributed by atoms with van der Waals surface area (Å²) in [5.74, 6) is 0.730. The Morgan fingerprint density at radius 1 is 1.57 bits per heavy atom. The molecule has 1 rings (SSSR count). The molecule has 0 amide bonds. The van der Waals surface area contributed by atoms with Crippen molar-refractivity contribution in [2.75, 3.05) is 11.1 Å². The van der Waals surface area contributed by atoms with Crippen molar-refractivity contribution in [2.24, 2.45) is 0 Å². The fraction of sp³-hybridized carbons (Fsp3) is 0.222. The third kappa shape index (κ3) is 4.21. The van der Waals surface area contributed by atoms with E-state index in [4.69, 9.17) is 17.5 Å². The van der Waals surface area contributed by atoms with Crippen molar-refractivity contribution < 1.29 is 0 Å². The second kappa shape index (κ2) is 6.35. The van der Waals surface area contributed by atoms with Gasteiger partial charge >= 0.3 is 0 Å². The predicted molar refractivity (Wildman–Crippen MR) is 63.1 cm³/mol. The Bertz CT molecular complexity index is 332. The zero-order valence-corrected chi connectivity index (χ0v) is 9.07. The second-order valence-corrected chi connectivity index (χ2v) is 4.18. The van der Waals surface area contributed by atoms with Crippen molar-refractivity contribution >= 4 is 34.0 Å². The number of anilines is 1. The van der Waals surface area contributed by atoms with Crippen LogP contribution >= 0.6 is 24.0 Å². The third-order valence-electron chi connectivity index (χ3n) is 1.37. The molecule has 0 aliphatic carbocycles. The number of aromatic nitrogens is 1. The molecule has 1 N–H and O–H groups in total. The Labute approximate surface area is 92.5 Å². The fourth-order valence-electron chi connectivity index (χ4n) is 0.779. The number of thioether (sulfide) groups is 1. The van der Waals surface area contributed by atoms with Crippen LogP contribution in [0.5, 0.6) is 0 Å². The van der Waals surface area contributed by atoms with Gasteiger partial charge in [0.25, 0.3) is 0 Å². The topological polar surface area (TPSA) is 48.7 Å². The first kappa shape index (κ1) is 11.0. The summed E-state index contributed by atoms with van der Waals surface area (Å²) in [6.45, 7) is 0. The minimum Gasteiger partial charge on any atom is -0.341 e. The normalized spacial score (nSPS) is 9.07. The Morgan fingerprint density at radius 3 is 2.93 bits per heavy atom. The molecule has 0 aromatic carbocycles. The van der Waals surface area contributed by atoms with Gasteiger partial charge < -0.3 is 5.32 Å². The van der Waals surface area contributed by atoms with Gasteiger partial charge in [0.1, 0.15) is 4.32 Å². The maximum atomic E-state index is 8.33. The Morgan fingerprint density at radius 2 is 2.29 bits per heavy atom. The number of pyridine rings is 1. The summed E-state index contributed by atoms with van der Waals surface area (Å²) in [6.07, 6.45) is 3.92. The van der Waals surface area contributed by atoms with Gasteiger partial charge in [0.15, 0.2) is 0 Å². The van der Waals surface area contributed by atoms with Crippen LogP contribution in [-0.2, 0) is 0 Å². The van der Waals surface area contributed by atoms with Crippen molar-refractivity contribution in [3.8, 4) is 6.07 Å². The number of thiocarbonyl (C=S) groups is 1. The molecular formula is C9H9N3S2. The largest absolute Gasteiger partial charge is 0.341 e. The van der Waals surface area contributed by atoms with Gasteiger partial charge in [-0.2, -0.15) is 5.26 Å². The molecule has 3 nitrogen and oxygen atoms in total. The van der Waals surface area contributed by atoms with Gasteiger partial charge in [-0.05, 0) is 12.1 Å². The smallest absolute Gasteiger partial charge is 0.138 e. The highest BCUT2D eigenvalue weighted by Gasteiger charge is 1.97. The lowest BCUT2D eigenvalue weighted by Gasteiger charge is -2.05. The molecular weight excluding hydrogens is 214 g/mol. The number of hydrogen-bond donors (Lipinski definition) is 1. The summed E-state index contributed by atoms with van der Waals surface area (Å²) in [6, 6.07) is 5.76. The Hall–Kier alpha value is -1.12. The molecule has 14 heavy (non-hydrogen) atoms. The molecule has 0 aliphatic heterocycles. The molecule has 0 atom stereocenters. The van der Waals surface area contributed by atoms with E-state index in [0.717, 1.165) is 11.4 Å². The molecule has 1 heterocycles. The highest BCUT2D eigenvalue weighted by Crippen LogP contribution is 2.10. The van der Waals surface area contributed by atoms with Crippen LogP contribution in [0.25, 0.3) is 0 Å². The van der Waals surface area contributed by atoms with Crippen molar-refractivity contribution in [1.82, 2.24) is 4.98 Å². The van der Waals surface area contributed by atoms with E-state index >= 15 is 0 Å². The van der Waals surface area contributed by atoms with Gasteiger partial charge in [-0.15, -0.1) is 0 Å². The van der Waals surface area contributed by atoms with Crippen LogP contribution in [0.2, 0.25) is 0 Å². The van der Waals surface area contributed by atoms with E-state index in [1.807, 2.05) is 12.1 Å². The first-order valence-corrected chi connectivity index (χ1v) is 5.43. The fourth-order valence-corrected chi connectivity index (χ4v) is 1.72. The summed E-state index contributed by atoms with van der Waals surface area (Å²) in [7, 11) is 0. The maximum absolute atomic E-state index is 8.33. The van der Waals surface area contributed by atoms with Gasteiger partial charge in [0.2, 0.25) is 0 Å². The van der Waals surface area contributed by atoms with Gasteiger partial charge in [-0.1, -0.05) is 24.0 Å². The molecule has 0 unspecified atom stereocenters. The summed E-state index contributed by atoms with van der Waals surface area (Å²) < 4.78 is 0.687. The third-order valence-corrected chi connectivity index (χ3v) is 2.60. The van der Waals surface area contributed by atoms with Crippen LogP contribution < -0.4 is 5.32 Å². The summed E-state index contributed by atoms with van der Waals surface area (Å²) in [5, 5.41) is 11.4. The SMILES string of the molecule is N#CCCSC(=S)Nc1ccncc1.